The van der Waals surface area contributed by atoms with Crippen LogP contribution in [0.1, 0.15) is 35.0 Å². The summed E-state index contributed by atoms with van der Waals surface area (Å²) in [5.41, 5.74) is -4.56. The predicted molar refractivity (Wildman–Crippen MR) is 99.1 cm³/mol. The number of aromatic nitrogens is 2. The van der Waals surface area contributed by atoms with Crippen LogP contribution in [-0.4, -0.2) is 37.4 Å². The Bertz CT molecular complexity index is 1130. The quantitative estimate of drug-likeness (QED) is 0.529. The van der Waals surface area contributed by atoms with Crippen molar-refractivity contribution in [3.63, 3.8) is 0 Å². The third-order valence-corrected chi connectivity index (χ3v) is 5.82. The van der Waals surface area contributed by atoms with E-state index in [1.54, 1.807) is 6.07 Å². The van der Waals surface area contributed by atoms with Gasteiger partial charge >= 0.3 is 12.1 Å². The molecule has 2 atom stereocenters. The fourth-order valence-electron chi connectivity index (χ4n) is 3.25. The van der Waals surface area contributed by atoms with Gasteiger partial charge in [-0.25, -0.2) is 9.48 Å². The third kappa shape index (κ3) is 3.19. The van der Waals surface area contributed by atoms with Gasteiger partial charge in [0.25, 0.3) is 0 Å². The number of carbonyl (C=O) groups is 2. The van der Waals surface area contributed by atoms with Crippen molar-refractivity contribution < 1.29 is 32.4 Å². The van der Waals surface area contributed by atoms with E-state index in [4.69, 9.17) is 11.6 Å². The van der Waals surface area contributed by atoms with Crippen molar-refractivity contribution in [2.24, 2.45) is 0 Å². The van der Waals surface area contributed by atoms with Crippen LogP contribution in [0.5, 0.6) is 0 Å². The van der Waals surface area contributed by atoms with Crippen molar-refractivity contribution >= 4 is 40.3 Å². The van der Waals surface area contributed by atoms with Crippen LogP contribution in [0.3, 0.4) is 0 Å². The summed E-state index contributed by atoms with van der Waals surface area (Å²) >= 11 is 4.27. The number of hydrogen-bond donors (Lipinski definition) is 2. The van der Waals surface area contributed by atoms with Crippen LogP contribution < -0.4 is 5.32 Å². The van der Waals surface area contributed by atoms with Crippen molar-refractivity contribution in [3.8, 4) is 11.8 Å². The lowest BCUT2D eigenvalue weighted by molar-refractivity contribution is -0.143. The number of halogens is 4. The number of nitrogens with zero attached hydrogens (tertiary/aromatic N) is 3. The van der Waals surface area contributed by atoms with E-state index in [0.717, 1.165) is 11.6 Å². The standard InChI is InChI=1S/C17H12ClF3N4O4S/c1-7(26)11-13(30(2)29)14-23-16(3-4-22,15(27)28)9-5-8(17(19,20)21)6-10(18)12(9)25(14)24-11/h5-6,23H,3H2,1-2H3,(H,27,28). The van der Waals surface area contributed by atoms with E-state index in [2.05, 4.69) is 10.4 Å². The molecule has 1 aromatic heterocycles. The van der Waals surface area contributed by atoms with Gasteiger partial charge in [-0.2, -0.15) is 23.5 Å². The van der Waals surface area contributed by atoms with Gasteiger partial charge in [0, 0.05) is 12.5 Å². The minimum absolute atomic E-state index is 0.146. The molecule has 1 aliphatic rings. The molecule has 0 saturated heterocycles. The highest BCUT2D eigenvalue weighted by Gasteiger charge is 2.51. The fourth-order valence-corrected chi connectivity index (χ4v) is 4.42. The average molecular weight is 461 g/mol. The Hall–Kier alpha value is -2.75. The molecule has 0 aliphatic carbocycles. The summed E-state index contributed by atoms with van der Waals surface area (Å²) < 4.78 is 53.3. The first-order valence-corrected chi connectivity index (χ1v) is 10.1. The number of carbonyl (C=O) groups excluding carboxylic acids is 1. The van der Waals surface area contributed by atoms with Gasteiger partial charge in [0.15, 0.2) is 22.8 Å². The molecule has 30 heavy (non-hydrogen) atoms. The number of ketones is 1. The van der Waals surface area contributed by atoms with Crippen molar-refractivity contribution in [2.75, 3.05) is 11.6 Å². The number of rotatable bonds is 4. The van der Waals surface area contributed by atoms with Crippen LogP contribution in [0, 0.1) is 11.3 Å². The second-order valence-corrected chi connectivity index (χ2v) is 8.19. The number of carboxylic acids is 1. The molecule has 8 nitrogen and oxygen atoms in total. The van der Waals surface area contributed by atoms with Crippen molar-refractivity contribution in [2.45, 2.75) is 30.0 Å². The molecule has 2 unspecified atom stereocenters. The topological polar surface area (TPSA) is 131 Å². The first kappa shape index (κ1) is 21.9. The lowest BCUT2D eigenvalue weighted by Gasteiger charge is -2.36. The van der Waals surface area contributed by atoms with E-state index in [1.165, 1.54) is 6.26 Å². The normalized spacial score (nSPS) is 18.6. The summed E-state index contributed by atoms with van der Waals surface area (Å²) in [6.07, 6.45) is -4.41. The van der Waals surface area contributed by atoms with Crippen LogP contribution in [-0.2, 0) is 27.7 Å². The second kappa shape index (κ2) is 7.19. The maximum Gasteiger partial charge on any atom is 0.416 e. The molecule has 2 aromatic rings. The molecule has 0 radical (unpaired) electrons. The molecule has 0 spiro atoms. The number of Topliss-reactive ketones (excluding diaryl/α,β-unsaturated/α-hetero) is 1. The summed E-state index contributed by atoms with van der Waals surface area (Å²) in [5, 5.41) is 25.2. The number of fused-ring (bicyclic) bond motifs is 3. The zero-order chi connectivity index (χ0) is 22.6. The van der Waals surface area contributed by atoms with Crippen molar-refractivity contribution in [3.05, 3.63) is 34.0 Å². The number of benzene rings is 1. The first-order chi connectivity index (χ1) is 13.8. The van der Waals surface area contributed by atoms with Crippen LogP contribution in [0.4, 0.5) is 19.0 Å². The van der Waals surface area contributed by atoms with Crippen LogP contribution in [0.15, 0.2) is 17.0 Å². The number of hydrogen-bond acceptors (Lipinski definition) is 6. The maximum atomic E-state index is 13.4. The zero-order valence-corrected chi connectivity index (χ0v) is 16.9. The molecule has 0 amide bonds. The van der Waals surface area contributed by atoms with Crippen molar-refractivity contribution in [1.29, 1.82) is 5.26 Å². The molecule has 13 heteroatoms. The Labute approximate surface area is 175 Å². The van der Waals surface area contributed by atoms with E-state index in [9.17, 15) is 37.7 Å². The molecule has 0 saturated carbocycles. The molecular weight excluding hydrogens is 449 g/mol. The van der Waals surface area contributed by atoms with Gasteiger partial charge in [0.1, 0.15) is 6.26 Å². The van der Waals surface area contributed by atoms with E-state index >= 15 is 0 Å². The highest BCUT2D eigenvalue weighted by atomic mass is 35.5. The number of nitriles is 1. The highest BCUT2D eigenvalue weighted by Crippen LogP contribution is 2.47. The predicted octanol–water partition coefficient (Wildman–Crippen LogP) is 3.10. The molecule has 0 fully saturated rings. The Morgan fingerprint density at radius 3 is 2.57 bits per heavy atom. The molecule has 158 valence electrons. The van der Waals surface area contributed by atoms with E-state index in [-0.39, 0.29) is 22.1 Å². The van der Waals surface area contributed by atoms with Gasteiger partial charge in [-0.15, -0.1) is 0 Å². The largest absolute Gasteiger partial charge is 0.611 e. The third-order valence-electron chi connectivity index (χ3n) is 4.57. The smallest absolute Gasteiger partial charge is 0.416 e. The number of carboxylic acid groups (broad SMARTS) is 1. The van der Waals surface area contributed by atoms with E-state index in [0.29, 0.717) is 12.1 Å². The van der Waals surface area contributed by atoms with Crippen LogP contribution >= 0.6 is 11.6 Å². The lowest BCUT2D eigenvalue weighted by Crippen LogP contribution is -2.47. The Kier molecular flexibility index (Phi) is 5.26. The molecular formula is C17H12ClF3N4O4S. The molecule has 3 rings (SSSR count). The number of alkyl halides is 3. The summed E-state index contributed by atoms with van der Waals surface area (Å²) in [4.78, 5) is 24.1. The molecule has 2 heterocycles. The van der Waals surface area contributed by atoms with Gasteiger partial charge in [0.05, 0.1) is 28.8 Å². The highest BCUT2D eigenvalue weighted by molar-refractivity contribution is 7.91. The summed E-state index contributed by atoms with van der Waals surface area (Å²) in [5.74, 6) is -2.46. The monoisotopic (exact) mass is 460 g/mol. The molecule has 1 aliphatic heterocycles. The number of anilines is 1. The lowest BCUT2D eigenvalue weighted by atomic mass is 9.83. The molecule has 0 bridgehead atoms. The van der Waals surface area contributed by atoms with Gasteiger partial charge in [-0.1, -0.05) is 11.6 Å². The Morgan fingerprint density at radius 2 is 2.10 bits per heavy atom. The summed E-state index contributed by atoms with van der Waals surface area (Å²) in [7, 11) is 0. The summed E-state index contributed by atoms with van der Waals surface area (Å²) in [6.45, 7) is 1.14. The molecule has 2 N–H and O–H groups in total. The average Bonchev–Trinajstić information content (AvgIpc) is 3.00. The van der Waals surface area contributed by atoms with E-state index in [1.807, 2.05) is 0 Å². The SMILES string of the molecule is CC(=O)c1nn2c(c1[S+](C)[O-])NC(CC#N)(C(=O)O)c1cc(C(F)(F)F)cc(Cl)c1-2. The van der Waals surface area contributed by atoms with Crippen LogP contribution in [0.2, 0.25) is 5.02 Å². The van der Waals surface area contributed by atoms with Gasteiger partial charge in [-0.3, -0.25) is 4.79 Å². The fraction of sp³-hybridized carbons (Fsp3) is 0.294. The van der Waals surface area contributed by atoms with E-state index < -0.39 is 57.2 Å². The van der Waals surface area contributed by atoms with Gasteiger partial charge in [-0.05, 0) is 23.3 Å². The Morgan fingerprint density at radius 1 is 1.47 bits per heavy atom. The van der Waals surface area contributed by atoms with Gasteiger partial charge < -0.3 is 15.0 Å². The maximum absolute atomic E-state index is 13.4. The number of aliphatic carboxylic acids is 1. The first-order valence-electron chi connectivity index (χ1n) is 8.12. The Balaban J connectivity index is 2.50. The number of nitrogens with one attached hydrogen (secondary N) is 1. The van der Waals surface area contributed by atoms with Crippen LogP contribution in [0.25, 0.3) is 5.69 Å². The van der Waals surface area contributed by atoms with Crippen molar-refractivity contribution in [1.82, 2.24) is 9.78 Å². The minimum atomic E-state index is -4.85. The summed E-state index contributed by atoms with van der Waals surface area (Å²) in [6, 6.07) is 2.81. The van der Waals surface area contributed by atoms with Gasteiger partial charge in [0.2, 0.25) is 4.90 Å². The minimum Gasteiger partial charge on any atom is -0.611 e. The zero-order valence-electron chi connectivity index (χ0n) is 15.3. The molecule has 1 aromatic carbocycles. The second-order valence-electron chi connectivity index (χ2n) is 6.47.